The summed E-state index contributed by atoms with van der Waals surface area (Å²) < 4.78 is 2.12. The predicted molar refractivity (Wildman–Crippen MR) is 97.5 cm³/mol. The number of amides is 2. The van der Waals surface area contributed by atoms with E-state index >= 15 is 0 Å². The van der Waals surface area contributed by atoms with Crippen LogP contribution in [-0.2, 0) is 16.6 Å². The quantitative estimate of drug-likeness (QED) is 0.868. The Bertz CT molecular complexity index is 868. The van der Waals surface area contributed by atoms with E-state index in [4.69, 9.17) is 5.73 Å². The van der Waals surface area contributed by atoms with Gasteiger partial charge in [-0.2, -0.15) is 0 Å². The first-order valence-electron chi connectivity index (χ1n) is 9.06. The Morgan fingerprint density at radius 2 is 2.00 bits per heavy atom. The third-order valence-electron chi connectivity index (χ3n) is 5.81. The molecule has 2 saturated heterocycles. The third-order valence-corrected chi connectivity index (χ3v) is 5.81. The molecule has 138 valence electrons. The maximum absolute atomic E-state index is 12.2. The van der Waals surface area contributed by atoms with Gasteiger partial charge >= 0.3 is 0 Å². The van der Waals surface area contributed by atoms with Gasteiger partial charge in [0.25, 0.3) is 0 Å². The van der Waals surface area contributed by atoms with E-state index in [-0.39, 0.29) is 30.2 Å². The minimum absolute atomic E-state index is 0.0507. The Balaban J connectivity index is 1.50. The number of fused-ring (bicyclic) bond motifs is 1. The van der Waals surface area contributed by atoms with Crippen molar-refractivity contribution in [3.63, 3.8) is 0 Å². The zero-order valence-corrected chi connectivity index (χ0v) is 15.2. The van der Waals surface area contributed by atoms with E-state index in [0.717, 1.165) is 48.5 Å². The van der Waals surface area contributed by atoms with Crippen LogP contribution in [0.1, 0.15) is 25.0 Å². The average Bonchev–Trinajstić information content (AvgIpc) is 3.16. The van der Waals surface area contributed by atoms with Crippen LogP contribution in [0.25, 0.3) is 11.0 Å². The highest BCUT2D eigenvalue weighted by Gasteiger charge is 2.38. The number of aromatic nitrogens is 3. The highest BCUT2D eigenvalue weighted by molar-refractivity contribution is 5.89. The highest BCUT2D eigenvalue weighted by Crippen LogP contribution is 2.30. The lowest BCUT2D eigenvalue weighted by Gasteiger charge is -2.37. The predicted octanol–water partition coefficient (Wildman–Crippen LogP) is 0.579. The van der Waals surface area contributed by atoms with Crippen molar-refractivity contribution in [1.82, 2.24) is 19.4 Å². The van der Waals surface area contributed by atoms with Crippen LogP contribution in [0.4, 0.5) is 5.82 Å². The molecule has 2 aliphatic heterocycles. The normalized spacial score (nSPS) is 21.8. The van der Waals surface area contributed by atoms with Crippen LogP contribution in [0.5, 0.6) is 0 Å². The second-order valence-electron chi connectivity index (χ2n) is 7.34. The van der Waals surface area contributed by atoms with E-state index < -0.39 is 0 Å². The molecule has 1 unspecified atom stereocenters. The fraction of sp³-hybridized carbons (Fsp3) is 0.556. The van der Waals surface area contributed by atoms with Crippen LogP contribution < -0.4 is 10.6 Å². The molecule has 2 N–H and O–H groups in total. The van der Waals surface area contributed by atoms with Crippen LogP contribution in [0.3, 0.4) is 0 Å². The summed E-state index contributed by atoms with van der Waals surface area (Å²) in [5.74, 6) is 0.288. The number of primary amides is 1. The van der Waals surface area contributed by atoms with Crippen LogP contribution in [-0.4, -0.2) is 56.9 Å². The van der Waals surface area contributed by atoms with Gasteiger partial charge in [0, 0.05) is 44.8 Å². The van der Waals surface area contributed by atoms with E-state index in [9.17, 15) is 9.59 Å². The summed E-state index contributed by atoms with van der Waals surface area (Å²) in [4.78, 5) is 36.7. The van der Waals surface area contributed by atoms with Crippen molar-refractivity contribution in [2.75, 3.05) is 24.5 Å². The lowest BCUT2D eigenvalue weighted by molar-refractivity contribution is -0.130. The number of rotatable bonds is 3. The molecule has 4 rings (SSSR count). The van der Waals surface area contributed by atoms with Gasteiger partial charge in [-0.05, 0) is 25.8 Å². The summed E-state index contributed by atoms with van der Waals surface area (Å²) in [6, 6.07) is 2.25. The maximum atomic E-state index is 12.2. The first kappa shape index (κ1) is 16.8. The van der Waals surface area contributed by atoms with Crippen molar-refractivity contribution in [3.8, 4) is 0 Å². The Morgan fingerprint density at radius 1 is 1.27 bits per heavy atom. The highest BCUT2D eigenvalue weighted by atomic mass is 16.2. The Labute approximate surface area is 152 Å². The molecule has 2 aromatic heterocycles. The lowest BCUT2D eigenvalue weighted by atomic mass is 10.0. The van der Waals surface area contributed by atoms with Gasteiger partial charge in [0.15, 0.2) is 5.82 Å². The number of aryl methyl sites for hydroxylation is 2. The Kier molecular flexibility index (Phi) is 4.05. The van der Waals surface area contributed by atoms with Gasteiger partial charge in [-0.25, -0.2) is 9.97 Å². The largest absolute Gasteiger partial charge is 0.369 e. The number of hydrogen-bond acceptors (Lipinski definition) is 5. The molecule has 0 aliphatic carbocycles. The molecule has 2 aromatic rings. The molecule has 0 saturated carbocycles. The number of anilines is 1. The maximum Gasteiger partial charge on any atom is 0.223 e. The molecule has 0 bridgehead atoms. The number of piperidine rings is 1. The number of nitrogens with zero attached hydrogens (tertiary/aromatic N) is 5. The van der Waals surface area contributed by atoms with Crippen molar-refractivity contribution in [1.29, 1.82) is 0 Å². The van der Waals surface area contributed by atoms with Crippen molar-refractivity contribution < 1.29 is 9.59 Å². The molecule has 4 heterocycles. The molecule has 2 fully saturated rings. The molecule has 26 heavy (non-hydrogen) atoms. The van der Waals surface area contributed by atoms with Crippen LogP contribution in [0.2, 0.25) is 0 Å². The van der Waals surface area contributed by atoms with Crippen molar-refractivity contribution in [2.45, 2.75) is 32.2 Å². The molecule has 2 amide bonds. The van der Waals surface area contributed by atoms with Gasteiger partial charge in [0.2, 0.25) is 11.8 Å². The van der Waals surface area contributed by atoms with Crippen LogP contribution >= 0.6 is 0 Å². The van der Waals surface area contributed by atoms with Gasteiger partial charge in [-0.1, -0.05) is 0 Å². The Hall–Kier alpha value is -2.64. The SMILES string of the molecule is Cc1cc2ncnc(N3CCC(N4CC(C(N)=O)CC4=O)CC3)c2n1C. The zero-order valence-electron chi connectivity index (χ0n) is 15.2. The number of carbonyl (C=O) groups excluding carboxylic acids is 2. The van der Waals surface area contributed by atoms with Crippen LogP contribution in [0, 0.1) is 12.8 Å². The molecule has 0 aromatic carbocycles. The number of carbonyl (C=O) groups is 2. The van der Waals surface area contributed by atoms with Gasteiger partial charge in [-0.15, -0.1) is 0 Å². The van der Waals surface area contributed by atoms with E-state index in [1.165, 1.54) is 0 Å². The summed E-state index contributed by atoms with van der Waals surface area (Å²) in [5.41, 5.74) is 8.53. The molecule has 0 radical (unpaired) electrons. The van der Waals surface area contributed by atoms with E-state index in [1.54, 1.807) is 6.33 Å². The molecular formula is C18H24N6O2. The molecular weight excluding hydrogens is 332 g/mol. The zero-order chi connectivity index (χ0) is 18.4. The first-order chi connectivity index (χ1) is 12.5. The van der Waals surface area contributed by atoms with Crippen molar-refractivity contribution >= 4 is 28.7 Å². The summed E-state index contributed by atoms with van der Waals surface area (Å²) in [7, 11) is 2.03. The molecule has 8 heteroatoms. The van der Waals surface area contributed by atoms with Gasteiger partial charge in [0.05, 0.1) is 11.4 Å². The lowest BCUT2D eigenvalue weighted by Crippen LogP contribution is -2.46. The average molecular weight is 356 g/mol. The topological polar surface area (TPSA) is 97.3 Å². The monoisotopic (exact) mass is 356 g/mol. The molecule has 0 spiro atoms. The Morgan fingerprint density at radius 3 is 2.65 bits per heavy atom. The van der Waals surface area contributed by atoms with E-state index in [0.29, 0.717) is 6.54 Å². The number of nitrogens with two attached hydrogens (primary N) is 1. The summed E-state index contributed by atoms with van der Waals surface area (Å²) >= 11 is 0. The van der Waals surface area contributed by atoms with Gasteiger partial charge in [-0.3, -0.25) is 9.59 Å². The molecule has 1 atom stereocenters. The standard InChI is InChI=1S/C18H24N6O2/c1-11-7-14-16(22(11)2)18(21-10-20-14)23-5-3-13(4-6-23)24-9-12(17(19)26)8-15(24)25/h7,10,12-13H,3-6,8-9H2,1-2H3,(H2,19,26). The fourth-order valence-corrected chi connectivity index (χ4v) is 4.18. The minimum Gasteiger partial charge on any atom is -0.369 e. The minimum atomic E-state index is -0.374. The molecule has 2 aliphatic rings. The summed E-state index contributed by atoms with van der Waals surface area (Å²) in [6.07, 6.45) is 3.60. The van der Waals surface area contributed by atoms with Gasteiger partial charge in [0.1, 0.15) is 11.8 Å². The summed E-state index contributed by atoms with van der Waals surface area (Å²) in [6.45, 7) is 4.18. The van der Waals surface area contributed by atoms with Crippen molar-refractivity contribution in [3.05, 3.63) is 18.1 Å². The van der Waals surface area contributed by atoms with Crippen LogP contribution in [0.15, 0.2) is 12.4 Å². The van der Waals surface area contributed by atoms with Crippen molar-refractivity contribution in [2.24, 2.45) is 18.7 Å². The number of hydrogen-bond donors (Lipinski definition) is 1. The van der Waals surface area contributed by atoms with E-state index in [1.807, 2.05) is 11.9 Å². The third kappa shape index (κ3) is 2.69. The second-order valence-corrected chi connectivity index (χ2v) is 7.34. The first-order valence-corrected chi connectivity index (χ1v) is 9.06. The smallest absolute Gasteiger partial charge is 0.223 e. The van der Waals surface area contributed by atoms with Gasteiger partial charge < -0.3 is 20.1 Å². The van der Waals surface area contributed by atoms with E-state index in [2.05, 4.69) is 32.4 Å². The summed E-state index contributed by atoms with van der Waals surface area (Å²) in [5, 5.41) is 0. The second kappa shape index (κ2) is 6.26. The fourth-order valence-electron chi connectivity index (χ4n) is 4.18. The molecule has 8 nitrogen and oxygen atoms in total. The number of likely N-dealkylation sites (tertiary alicyclic amines) is 1.